The summed E-state index contributed by atoms with van der Waals surface area (Å²) in [6, 6.07) is 3.94. The normalized spacial score (nSPS) is 25.6. The zero-order valence-electron chi connectivity index (χ0n) is 11.3. The summed E-state index contributed by atoms with van der Waals surface area (Å²) in [5.41, 5.74) is 3.93. The fraction of sp³-hybridized carbons (Fsp3) is 0.533. The molecule has 2 heterocycles. The van der Waals surface area contributed by atoms with Gasteiger partial charge >= 0.3 is 0 Å². The molecule has 0 aliphatic carbocycles. The van der Waals surface area contributed by atoms with Crippen LogP contribution in [0.1, 0.15) is 34.6 Å². The van der Waals surface area contributed by atoms with Gasteiger partial charge in [-0.25, -0.2) is 8.78 Å². The number of aliphatic imine (C=N–C) groups is 1. The zero-order chi connectivity index (χ0) is 13.6. The molecule has 0 spiro atoms. The summed E-state index contributed by atoms with van der Waals surface area (Å²) < 4.78 is 28.5. The standard InChI is InChI=1S/C15H18F2N2/c1-10-5-11-7-18-8-12(11)6-13(10)14-3-4-19(2)9-15(14,16)17/h5-7,14H,3-4,8-9H2,1-2H3. The number of hydrogen-bond acceptors (Lipinski definition) is 2. The van der Waals surface area contributed by atoms with Crippen LogP contribution in [0.15, 0.2) is 17.1 Å². The molecular weight excluding hydrogens is 246 g/mol. The van der Waals surface area contributed by atoms with E-state index in [0.717, 1.165) is 28.8 Å². The molecule has 1 saturated heterocycles. The van der Waals surface area contributed by atoms with Crippen molar-refractivity contribution in [1.82, 2.24) is 4.90 Å². The van der Waals surface area contributed by atoms with Crippen LogP contribution in [0.5, 0.6) is 0 Å². The third-order valence-electron chi connectivity index (χ3n) is 4.19. The van der Waals surface area contributed by atoms with Crippen molar-refractivity contribution >= 4 is 6.21 Å². The van der Waals surface area contributed by atoms with Gasteiger partial charge in [-0.15, -0.1) is 0 Å². The first kappa shape index (κ1) is 12.7. The van der Waals surface area contributed by atoms with Gasteiger partial charge in [0.1, 0.15) is 0 Å². The van der Waals surface area contributed by atoms with E-state index in [1.807, 2.05) is 25.3 Å². The Kier molecular flexibility index (Phi) is 2.93. The summed E-state index contributed by atoms with van der Waals surface area (Å²) in [6.45, 7) is 3.13. The second-order valence-corrected chi connectivity index (χ2v) is 5.72. The molecule has 1 unspecified atom stereocenters. The van der Waals surface area contributed by atoms with Crippen LogP contribution in [0.2, 0.25) is 0 Å². The average molecular weight is 264 g/mol. The van der Waals surface area contributed by atoms with Gasteiger partial charge in [0.05, 0.1) is 19.0 Å². The Morgan fingerprint density at radius 1 is 1.37 bits per heavy atom. The lowest BCUT2D eigenvalue weighted by Crippen LogP contribution is -2.45. The molecular formula is C15H18F2N2. The van der Waals surface area contributed by atoms with Crippen molar-refractivity contribution in [3.05, 3.63) is 34.4 Å². The number of piperidine rings is 1. The van der Waals surface area contributed by atoms with Crippen molar-refractivity contribution in [2.45, 2.75) is 31.7 Å². The number of fused-ring (bicyclic) bond motifs is 1. The number of likely N-dealkylation sites (tertiary alicyclic amines) is 1. The van der Waals surface area contributed by atoms with Crippen LogP contribution in [-0.2, 0) is 6.54 Å². The summed E-state index contributed by atoms with van der Waals surface area (Å²) in [5, 5.41) is 0. The van der Waals surface area contributed by atoms with E-state index in [1.54, 1.807) is 11.9 Å². The second kappa shape index (κ2) is 4.37. The largest absolute Gasteiger partial charge is 0.301 e. The van der Waals surface area contributed by atoms with Crippen molar-refractivity contribution in [2.24, 2.45) is 4.99 Å². The molecule has 1 fully saturated rings. The van der Waals surface area contributed by atoms with E-state index in [0.29, 0.717) is 13.0 Å². The number of nitrogens with zero attached hydrogens (tertiary/aromatic N) is 2. The smallest absolute Gasteiger partial charge is 0.267 e. The molecule has 2 aliphatic heterocycles. The molecule has 0 bridgehead atoms. The predicted molar refractivity (Wildman–Crippen MR) is 72.3 cm³/mol. The Bertz CT molecular complexity index is 537. The Balaban J connectivity index is 1.98. The van der Waals surface area contributed by atoms with Crippen LogP contribution in [0.25, 0.3) is 0 Å². The van der Waals surface area contributed by atoms with Crippen LogP contribution >= 0.6 is 0 Å². The molecule has 0 N–H and O–H groups in total. The molecule has 2 nitrogen and oxygen atoms in total. The topological polar surface area (TPSA) is 15.6 Å². The van der Waals surface area contributed by atoms with Gasteiger partial charge in [-0.05, 0) is 55.3 Å². The Labute approximate surface area is 112 Å². The predicted octanol–water partition coefficient (Wildman–Crippen LogP) is 2.98. The molecule has 0 aromatic heterocycles. The van der Waals surface area contributed by atoms with E-state index in [9.17, 15) is 8.78 Å². The summed E-state index contributed by atoms with van der Waals surface area (Å²) in [7, 11) is 1.76. The molecule has 3 rings (SSSR count). The van der Waals surface area contributed by atoms with Crippen LogP contribution in [0.4, 0.5) is 8.78 Å². The number of alkyl halides is 2. The lowest BCUT2D eigenvalue weighted by Gasteiger charge is -2.37. The molecule has 2 aliphatic rings. The quantitative estimate of drug-likeness (QED) is 0.761. The van der Waals surface area contributed by atoms with E-state index >= 15 is 0 Å². The number of rotatable bonds is 1. The molecule has 1 aromatic carbocycles. The van der Waals surface area contributed by atoms with Gasteiger partial charge < -0.3 is 4.90 Å². The van der Waals surface area contributed by atoms with Gasteiger partial charge in [0, 0.05) is 6.21 Å². The van der Waals surface area contributed by atoms with Crippen molar-refractivity contribution < 1.29 is 8.78 Å². The molecule has 19 heavy (non-hydrogen) atoms. The van der Waals surface area contributed by atoms with Crippen molar-refractivity contribution in [1.29, 1.82) is 0 Å². The van der Waals surface area contributed by atoms with Crippen LogP contribution in [-0.4, -0.2) is 37.2 Å². The van der Waals surface area contributed by atoms with Crippen LogP contribution in [0.3, 0.4) is 0 Å². The van der Waals surface area contributed by atoms with Crippen molar-refractivity contribution in [2.75, 3.05) is 20.1 Å². The van der Waals surface area contributed by atoms with Gasteiger partial charge in [0.15, 0.2) is 0 Å². The Morgan fingerprint density at radius 3 is 2.89 bits per heavy atom. The molecule has 0 radical (unpaired) electrons. The number of hydrogen-bond donors (Lipinski definition) is 0. The maximum Gasteiger partial charge on any atom is 0.267 e. The highest BCUT2D eigenvalue weighted by molar-refractivity contribution is 5.85. The summed E-state index contributed by atoms with van der Waals surface area (Å²) in [6.07, 6.45) is 2.35. The Hall–Kier alpha value is -1.29. The summed E-state index contributed by atoms with van der Waals surface area (Å²) in [4.78, 5) is 5.92. The zero-order valence-corrected chi connectivity index (χ0v) is 11.3. The fourth-order valence-corrected chi connectivity index (χ4v) is 3.16. The highest BCUT2D eigenvalue weighted by Crippen LogP contribution is 2.41. The monoisotopic (exact) mass is 264 g/mol. The molecule has 1 atom stereocenters. The van der Waals surface area contributed by atoms with Crippen LogP contribution < -0.4 is 0 Å². The molecule has 0 amide bonds. The van der Waals surface area contributed by atoms with Crippen molar-refractivity contribution in [3.8, 4) is 0 Å². The third-order valence-corrected chi connectivity index (χ3v) is 4.19. The first-order chi connectivity index (χ1) is 8.97. The van der Waals surface area contributed by atoms with E-state index in [1.165, 1.54) is 0 Å². The van der Waals surface area contributed by atoms with E-state index in [-0.39, 0.29) is 6.54 Å². The van der Waals surface area contributed by atoms with Gasteiger partial charge in [-0.3, -0.25) is 4.99 Å². The van der Waals surface area contributed by atoms with Crippen molar-refractivity contribution in [3.63, 3.8) is 0 Å². The highest BCUT2D eigenvalue weighted by Gasteiger charge is 2.44. The minimum Gasteiger partial charge on any atom is -0.301 e. The number of halogens is 2. The fourth-order valence-electron chi connectivity index (χ4n) is 3.16. The molecule has 102 valence electrons. The highest BCUT2D eigenvalue weighted by atomic mass is 19.3. The molecule has 1 aromatic rings. The summed E-state index contributed by atoms with van der Waals surface area (Å²) >= 11 is 0. The van der Waals surface area contributed by atoms with E-state index in [4.69, 9.17) is 0 Å². The maximum atomic E-state index is 14.3. The second-order valence-electron chi connectivity index (χ2n) is 5.72. The van der Waals surface area contributed by atoms with Gasteiger partial charge in [0.25, 0.3) is 5.92 Å². The molecule has 0 saturated carbocycles. The minimum atomic E-state index is -2.65. The lowest BCUT2D eigenvalue weighted by molar-refractivity contribution is -0.0767. The Morgan fingerprint density at radius 2 is 2.16 bits per heavy atom. The number of aryl methyl sites for hydroxylation is 1. The first-order valence-electron chi connectivity index (χ1n) is 6.67. The first-order valence-corrected chi connectivity index (χ1v) is 6.67. The van der Waals surface area contributed by atoms with Gasteiger partial charge in [0.2, 0.25) is 0 Å². The number of benzene rings is 1. The minimum absolute atomic E-state index is 0.148. The SMILES string of the molecule is Cc1cc2c(cc1C1CCN(C)CC1(F)F)CN=C2. The van der Waals surface area contributed by atoms with E-state index in [2.05, 4.69) is 4.99 Å². The van der Waals surface area contributed by atoms with E-state index < -0.39 is 11.8 Å². The summed E-state index contributed by atoms with van der Waals surface area (Å²) in [5.74, 6) is -3.31. The molecule has 4 heteroatoms. The lowest BCUT2D eigenvalue weighted by atomic mass is 9.82. The maximum absolute atomic E-state index is 14.3. The third kappa shape index (κ3) is 2.18. The van der Waals surface area contributed by atoms with Gasteiger partial charge in [-0.2, -0.15) is 0 Å². The van der Waals surface area contributed by atoms with Crippen LogP contribution in [0, 0.1) is 6.92 Å². The van der Waals surface area contributed by atoms with Gasteiger partial charge in [-0.1, -0.05) is 6.07 Å². The average Bonchev–Trinajstić information content (AvgIpc) is 2.74.